The van der Waals surface area contributed by atoms with E-state index < -0.39 is 0 Å². The third kappa shape index (κ3) is 5.33. The van der Waals surface area contributed by atoms with E-state index in [-0.39, 0.29) is 17.7 Å². The zero-order chi connectivity index (χ0) is 23.3. The van der Waals surface area contributed by atoms with Crippen molar-refractivity contribution in [2.45, 2.75) is 59.2 Å². The Hall–Kier alpha value is -2.37. The van der Waals surface area contributed by atoms with Crippen LogP contribution in [0.1, 0.15) is 68.6 Å². The molecule has 0 unspecified atom stereocenters. The van der Waals surface area contributed by atoms with Crippen LogP contribution in [0, 0.1) is 0 Å². The van der Waals surface area contributed by atoms with Crippen molar-refractivity contribution >= 4 is 5.91 Å². The van der Waals surface area contributed by atoms with Gasteiger partial charge in [-0.2, -0.15) is 0 Å². The van der Waals surface area contributed by atoms with Crippen LogP contribution in [0.4, 0.5) is 0 Å². The van der Waals surface area contributed by atoms with Crippen LogP contribution in [0.5, 0.6) is 5.75 Å². The number of amides is 1. The third-order valence-corrected chi connectivity index (χ3v) is 6.69. The molecule has 174 valence electrons. The highest BCUT2D eigenvalue weighted by Gasteiger charge is 2.34. The fraction of sp³-hybridized carbons (Fsp3) is 0.519. The first-order valence-electron chi connectivity index (χ1n) is 12.1. The van der Waals surface area contributed by atoms with Crippen molar-refractivity contribution in [3.05, 3.63) is 65.2 Å². The van der Waals surface area contributed by atoms with E-state index in [1.807, 2.05) is 49.1 Å². The average molecular weight is 438 g/mol. The van der Waals surface area contributed by atoms with Gasteiger partial charge >= 0.3 is 0 Å². The van der Waals surface area contributed by atoms with Gasteiger partial charge in [-0.3, -0.25) is 14.6 Å². The van der Waals surface area contributed by atoms with Crippen LogP contribution >= 0.6 is 0 Å². The summed E-state index contributed by atoms with van der Waals surface area (Å²) in [5.41, 5.74) is 2.87. The third-order valence-electron chi connectivity index (χ3n) is 6.69. The average Bonchev–Trinajstić information content (AvgIpc) is 2.78. The largest absolute Gasteiger partial charge is 0.508 e. The Labute approximate surface area is 193 Å². The lowest BCUT2D eigenvalue weighted by atomic mass is 9.92. The van der Waals surface area contributed by atoms with Crippen LogP contribution in [-0.2, 0) is 0 Å². The van der Waals surface area contributed by atoms with Gasteiger partial charge in [0, 0.05) is 43.8 Å². The fourth-order valence-corrected chi connectivity index (χ4v) is 4.99. The minimum Gasteiger partial charge on any atom is -0.508 e. The van der Waals surface area contributed by atoms with Gasteiger partial charge in [0.1, 0.15) is 5.75 Å². The molecule has 1 heterocycles. The molecule has 1 fully saturated rings. The van der Waals surface area contributed by atoms with Gasteiger partial charge in [-0.05, 0) is 76.1 Å². The number of phenols is 1. The van der Waals surface area contributed by atoms with E-state index in [1.165, 1.54) is 0 Å². The first kappa shape index (κ1) is 24.3. The topological polar surface area (TPSA) is 47.0 Å². The Balaban J connectivity index is 2.02. The molecule has 0 aliphatic carbocycles. The van der Waals surface area contributed by atoms with Crippen molar-refractivity contribution in [1.82, 2.24) is 14.7 Å². The highest BCUT2D eigenvalue weighted by Crippen LogP contribution is 2.35. The number of carbonyl (C=O) groups is 1. The van der Waals surface area contributed by atoms with E-state index in [9.17, 15) is 9.90 Å². The van der Waals surface area contributed by atoms with Gasteiger partial charge in [0.05, 0.1) is 6.04 Å². The van der Waals surface area contributed by atoms with E-state index >= 15 is 0 Å². The van der Waals surface area contributed by atoms with Gasteiger partial charge in [0.15, 0.2) is 0 Å². The summed E-state index contributed by atoms with van der Waals surface area (Å²) in [6.45, 7) is 15.3. The number of phenolic OH excluding ortho intramolecular Hbond substituents is 1. The van der Waals surface area contributed by atoms with Gasteiger partial charge in [-0.1, -0.05) is 31.2 Å². The fourth-order valence-electron chi connectivity index (χ4n) is 4.99. The predicted octanol–water partition coefficient (Wildman–Crippen LogP) is 4.77. The molecule has 0 bridgehead atoms. The van der Waals surface area contributed by atoms with Crippen LogP contribution in [0.3, 0.4) is 0 Å². The van der Waals surface area contributed by atoms with Gasteiger partial charge in [0.25, 0.3) is 5.91 Å². The zero-order valence-corrected chi connectivity index (χ0v) is 20.3. The van der Waals surface area contributed by atoms with Crippen molar-refractivity contribution in [3.8, 4) is 5.75 Å². The van der Waals surface area contributed by atoms with Crippen molar-refractivity contribution < 1.29 is 9.90 Å². The Bertz CT molecular complexity index is 896. The van der Waals surface area contributed by atoms with Crippen LogP contribution < -0.4 is 0 Å². The molecule has 0 aromatic heterocycles. The molecule has 1 N–H and O–H groups in total. The lowest BCUT2D eigenvalue weighted by Gasteiger charge is -2.47. The molecular weight excluding hydrogens is 398 g/mol. The number of nitrogens with zero attached hydrogens (tertiary/aromatic N) is 3. The Morgan fingerprint density at radius 1 is 1.00 bits per heavy atom. The first-order valence-corrected chi connectivity index (χ1v) is 12.1. The highest BCUT2D eigenvalue weighted by atomic mass is 16.3. The molecule has 1 saturated heterocycles. The molecule has 3 atom stereocenters. The molecule has 2 aromatic rings. The van der Waals surface area contributed by atoms with Crippen LogP contribution in [0.2, 0.25) is 0 Å². The summed E-state index contributed by atoms with van der Waals surface area (Å²) in [5, 5.41) is 10.2. The highest BCUT2D eigenvalue weighted by molar-refractivity contribution is 5.94. The monoisotopic (exact) mass is 437 g/mol. The summed E-state index contributed by atoms with van der Waals surface area (Å²) >= 11 is 0. The summed E-state index contributed by atoms with van der Waals surface area (Å²) in [4.78, 5) is 20.0. The van der Waals surface area contributed by atoms with Gasteiger partial charge in [-0.25, -0.2) is 0 Å². The number of hydrogen-bond acceptors (Lipinski definition) is 4. The van der Waals surface area contributed by atoms with Gasteiger partial charge < -0.3 is 10.0 Å². The van der Waals surface area contributed by atoms with E-state index in [4.69, 9.17) is 0 Å². The van der Waals surface area contributed by atoms with Crippen molar-refractivity contribution in [2.24, 2.45) is 0 Å². The molecule has 0 spiro atoms. The molecule has 5 heteroatoms. The smallest absolute Gasteiger partial charge is 0.253 e. The zero-order valence-electron chi connectivity index (χ0n) is 20.3. The maximum atomic E-state index is 13.0. The number of carbonyl (C=O) groups excluding carboxylic acids is 1. The molecule has 1 aliphatic heterocycles. The summed E-state index contributed by atoms with van der Waals surface area (Å²) in [5.74, 6) is 0.342. The number of benzene rings is 2. The van der Waals surface area contributed by atoms with E-state index in [0.717, 1.165) is 42.7 Å². The minimum atomic E-state index is -0.0206. The number of aromatic hydroxyl groups is 1. The van der Waals surface area contributed by atoms with Crippen LogP contribution in [-0.4, -0.2) is 70.5 Å². The van der Waals surface area contributed by atoms with Crippen LogP contribution in [0.15, 0.2) is 48.5 Å². The van der Waals surface area contributed by atoms with Gasteiger partial charge in [-0.15, -0.1) is 0 Å². The van der Waals surface area contributed by atoms with Crippen molar-refractivity contribution in [1.29, 1.82) is 0 Å². The Morgan fingerprint density at radius 2 is 1.66 bits per heavy atom. The SMILES string of the molecule is CCCN1C[C@H](C)N([C@@H](c2cccc(O)c2)c2cccc(C(=O)N(CC)CC)c2)C[C@H]1C. The number of piperazine rings is 1. The summed E-state index contributed by atoms with van der Waals surface area (Å²) < 4.78 is 0. The molecule has 1 amide bonds. The second-order valence-electron chi connectivity index (χ2n) is 8.99. The second-order valence-corrected chi connectivity index (χ2v) is 8.99. The molecule has 32 heavy (non-hydrogen) atoms. The lowest BCUT2D eigenvalue weighted by molar-refractivity contribution is 0.0241. The van der Waals surface area contributed by atoms with E-state index in [2.05, 4.69) is 42.7 Å². The molecular formula is C27H39N3O2. The molecule has 2 aromatic carbocycles. The lowest BCUT2D eigenvalue weighted by Crippen LogP contribution is -2.57. The van der Waals surface area contributed by atoms with Crippen molar-refractivity contribution in [3.63, 3.8) is 0 Å². The Morgan fingerprint density at radius 3 is 2.28 bits per heavy atom. The number of rotatable bonds is 8. The molecule has 3 rings (SSSR count). The normalized spacial score (nSPS) is 20.8. The molecule has 0 saturated carbocycles. The molecule has 5 nitrogen and oxygen atoms in total. The van der Waals surface area contributed by atoms with E-state index in [0.29, 0.717) is 25.2 Å². The van der Waals surface area contributed by atoms with Gasteiger partial charge in [0.2, 0.25) is 0 Å². The second kappa shape index (κ2) is 11.0. The summed E-state index contributed by atoms with van der Waals surface area (Å²) in [6, 6.07) is 16.4. The molecule has 1 aliphatic rings. The maximum Gasteiger partial charge on any atom is 0.253 e. The number of hydrogen-bond donors (Lipinski definition) is 1. The van der Waals surface area contributed by atoms with Crippen LogP contribution in [0.25, 0.3) is 0 Å². The quantitative estimate of drug-likeness (QED) is 0.646. The maximum absolute atomic E-state index is 13.0. The van der Waals surface area contributed by atoms with Crippen molar-refractivity contribution in [2.75, 3.05) is 32.7 Å². The predicted molar refractivity (Wildman–Crippen MR) is 131 cm³/mol. The van der Waals surface area contributed by atoms with E-state index in [1.54, 1.807) is 6.07 Å². The first-order chi connectivity index (χ1) is 15.4. The Kier molecular flexibility index (Phi) is 8.32. The minimum absolute atomic E-state index is 0.0206. The summed E-state index contributed by atoms with van der Waals surface area (Å²) in [7, 11) is 0. The molecule has 0 radical (unpaired) electrons. The standard InChI is InChI=1S/C27H39N3O2/c1-6-15-29-18-21(5)30(19-20(29)4)26(23-12-10-14-25(31)17-23)22-11-9-13-24(16-22)27(32)28(7-2)8-3/h9-14,16-17,20-21,26,31H,6-8,15,18-19H2,1-5H3/t20-,21+,26-/m1/s1. The summed E-state index contributed by atoms with van der Waals surface area (Å²) in [6.07, 6.45) is 1.16.